The SMILES string of the molecule is CNC(=O)c1ccc(Cl)c(NC(=O)C(C)CCN)c1. The second-order valence-corrected chi connectivity index (χ2v) is 4.65. The first-order chi connectivity index (χ1) is 8.99. The Bertz CT molecular complexity index is 477. The minimum atomic E-state index is -0.234. The molecule has 0 saturated heterocycles. The van der Waals surface area contributed by atoms with E-state index in [0.717, 1.165) is 0 Å². The predicted octanol–water partition coefficient (Wildman–Crippen LogP) is 1.62. The predicted molar refractivity (Wildman–Crippen MR) is 76.3 cm³/mol. The number of hydrogen-bond donors (Lipinski definition) is 3. The highest BCUT2D eigenvalue weighted by Crippen LogP contribution is 2.23. The molecule has 19 heavy (non-hydrogen) atoms. The van der Waals surface area contributed by atoms with E-state index in [1.165, 1.54) is 0 Å². The number of benzene rings is 1. The normalized spacial score (nSPS) is 11.8. The molecule has 5 nitrogen and oxygen atoms in total. The largest absolute Gasteiger partial charge is 0.355 e. The Morgan fingerprint density at radius 1 is 1.42 bits per heavy atom. The van der Waals surface area contributed by atoms with Gasteiger partial charge in [0.1, 0.15) is 0 Å². The van der Waals surface area contributed by atoms with Gasteiger partial charge in [0, 0.05) is 18.5 Å². The molecule has 0 aliphatic rings. The van der Waals surface area contributed by atoms with Crippen LogP contribution in [0.25, 0.3) is 0 Å². The highest BCUT2D eigenvalue weighted by atomic mass is 35.5. The average molecular weight is 284 g/mol. The van der Waals surface area contributed by atoms with Crippen LogP contribution >= 0.6 is 11.6 Å². The molecule has 0 aliphatic carbocycles. The topological polar surface area (TPSA) is 84.2 Å². The summed E-state index contributed by atoms with van der Waals surface area (Å²) in [7, 11) is 1.54. The van der Waals surface area contributed by atoms with Gasteiger partial charge in [-0.1, -0.05) is 18.5 Å². The Morgan fingerprint density at radius 3 is 2.68 bits per heavy atom. The second kappa shape index (κ2) is 7.11. The van der Waals surface area contributed by atoms with Gasteiger partial charge in [0.2, 0.25) is 5.91 Å². The van der Waals surface area contributed by atoms with Crippen LogP contribution in [-0.2, 0) is 4.79 Å². The second-order valence-electron chi connectivity index (χ2n) is 4.24. The Morgan fingerprint density at radius 2 is 2.11 bits per heavy atom. The van der Waals surface area contributed by atoms with Gasteiger partial charge in [0.25, 0.3) is 5.91 Å². The van der Waals surface area contributed by atoms with Crippen LogP contribution in [0.5, 0.6) is 0 Å². The summed E-state index contributed by atoms with van der Waals surface area (Å²) >= 11 is 6.00. The lowest BCUT2D eigenvalue weighted by Crippen LogP contribution is -2.23. The fourth-order valence-electron chi connectivity index (χ4n) is 1.54. The zero-order chi connectivity index (χ0) is 14.4. The minimum absolute atomic E-state index is 0.165. The van der Waals surface area contributed by atoms with Gasteiger partial charge in [0.05, 0.1) is 10.7 Å². The summed E-state index contributed by atoms with van der Waals surface area (Å²) < 4.78 is 0. The maximum Gasteiger partial charge on any atom is 0.251 e. The summed E-state index contributed by atoms with van der Waals surface area (Å²) in [6, 6.07) is 4.73. The van der Waals surface area contributed by atoms with Crippen molar-refractivity contribution in [3.05, 3.63) is 28.8 Å². The standard InChI is InChI=1S/C13H18ClN3O2/c1-8(5-6-15)12(18)17-11-7-9(13(19)16-2)3-4-10(11)14/h3-4,7-8H,5-6,15H2,1-2H3,(H,16,19)(H,17,18). The van der Waals surface area contributed by atoms with Gasteiger partial charge >= 0.3 is 0 Å². The van der Waals surface area contributed by atoms with Crippen LogP contribution in [0.2, 0.25) is 5.02 Å². The molecule has 1 unspecified atom stereocenters. The Labute approximate surface area is 117 Å². The van der Waals surface area contributed by atoms with Gasteiger partial charge in [-0.2, -0.15) is 0 Å². The number of rotatable bonds is 5. The fraction of sp³-hybridized carbons (Fsp3) is 0.385. The number of nitrogens with one attached hydrogen (secondary N) is 2. The van der Waals surface area contributed by atoms with Gasteiger partial charge in [0.15, 0.2) is 0 Å². The van der Waals surface area contributed by atoms with E-state index in [-0.39, 0.29) is 17.7 Å². The number of nitrogens with two attached hydrogens (primary N) is 1. The van der Waals surface area contributed by atoms with Crippen molar-refractivity contribution in [1.29, 1.82) is 0 Å². The molecule has 1 rings (SSSR count). The van der Waals surface area contributed by atoms with Crippen molar-refractivity contribution in [2.24, 2.45) is 11.7 Å². The van der Waals surface area contributed by atoms with E-state index in [9.17, 15) is 9.59 Å². The molecule has 0 aromatic heterocycles. The molecule has 0 aliphatic heterocycles. The van der Waals surface area contributed by atoms with Crippen LogP contribution in [-0.4, -0.2) is 25.4 Å². The monoisotopic (exact) mass is 283 g/mol. The zero-order valence-electron chi connectivity index (χ0n) is 11.0. The molecule has 0 radical (unpaired) electrons. The van der Waals surface area contributed by atoms with E-state index in [0.29, 0.717) is 29.2 Å². The van der Waals surface area contributed by atoms with E-state index in [1.54, 1.807) is 32.2 Å². The van der Waals surface area contributed by atoms with Crippen molar-refractivity contribution in [3.8, 4) is 0 Å². The van der Waals surface area contributed by atoms with E-state index in [4.69, 9.17) is 17.3 Å². The first-order valence-electron chi connectivity index (χ1n) is 6.02. The quantitative estimate of drug-likeness (QED) is 0.768. The molecule has 0 saturated carbocycles. The molecule has 2 amide bonds. The molecule has 4 N–H and O–H groups in total. The smallest absolute Gasteiger partial charge is 0.251 e. The third-order valence-corrected chi connectivity index (χ3v) is 3.09. The van der Waals surface area contributed by atoms with Crippen molar-refractivity contribution in [3.63, 3.8) is 0 Å². The Hall–Kier alpha value is -1.59. The number of carbonyl (C=O) groups is 2. The van der Waals surface area contributed by atoms with Gasteiger partial charge in [-0.15, -0.1) is 0 Å². The van der Waals surface area contributed by atoms with Crippen LogP contribution in [0, 0.1) is 5.92 Å². The Balaban J connectivity index is 2.88. The maximum atomic E-state index is 11.9. The Kier molecular flexibility index (Phi) is 5.79. The minimum Gasteiger partial charge on any atom is -0.355 e. The number of hydrogen-bond acceptors (Lipinski definition) is 3. The van der Waals surface area contributed by atoms with Crippen molar-refractivity contribution in [2.45, 2.75) is 13.3 Å². The van der Waals surface area contributed by atoms with Gasteiger partial charge < -0.3 is 16.4 Å². The number of anilines is 1. The van der Waals surface area contributed by atoms with Crippen molar-refractivity contribution in [1.82, 2.24) is 5.32 Å². The van der Waals surface area contributed by atoms with E-state index in [2.05, 4.69) is 10.6 Å². The summed E-state index contributed by atoms with van der Waals surface area (Å²) in [4.78, 5) is 23.4. The van der Waals surface area contributed by atoms with Crippen LogP contribution in [0.3, 0.4) is 0 Å². The fourth-order valence-corrected chi connectivity index (χ4v) is 1.71. The molecule has 1 aromatic carbocycles. The van der Waals surface area contributed by atoms with Crippen molar-refractivity contribution in [2.75, 3.05) is 18.9 Å². The average Bonchev–Trinajstić information content (AvgIpc) is 2.40. The first-order valence-corrected chi connectivity index (χ1v) is 6.40. The molecule has 6 heteroatoms. The highest BCUT2D eigenvalue weighted by Gasteiger charge is 2.14. The lowest BCUT2D eigenvalue weighted by atomic mass is 10.1. The van der Waals surface area contributed by atoms with E-state index in [1.807, 2.05) is 0 Å². The van der Waals surface area contributed by atoms with Crippen LogP contribution in [0.15, 0.2) is 18.2 Å². The van der Waals surface area contributed by atoms with E-state index < -0.39 is 0 Å². The summed E-state index contributed by atoms with van der Waals surface area (Å²) in [5, 5.41) is 5.61. The highest BCUT2D eigenvalue weighted by molar-refractivity contribution is 6.33. The van der Waals surface area contributed by atoms with Gasteiger partial charge in [-0.3, -0.25) is 9.59 Å². The van der Waals surface area contributed by atoms with Crippen molar-refractivity contribution < 1.29 is 9.59 Å². The number of carbonyl (C=O) groups excluding carboxylic acids is 2. The lowest BCUT2D eigenvalue weighted by Gasteiger charge is -2.13. The molecule has 0 spiro atoms. The van der Waals surface area contributed by atoms with Crippen molar-refractivity contribution >= 4 is 29.1 Å². The summed E-state index contributed by atoms with van der Waals surface area (Å²) in [5.74, 6) is -0.603. The third kappa shape index (κ3) is 4.22. The molecule has 104 valence electrons. The first kappa shape index (κ1) is 15.5. The molecule has 0 heterocycles. The maximum absolute atomic E-state index is 11.9. The van der Waals surface area contributed by atoms with Gasteiger partial charge in [-0.05, 0) is 31.2 Å². The molecular weight excluding hydrogens is 266 g/mol. The van der Waals surface area contributed by atoms with Gasteiger partial charge in [-0.25, -0.2) is 0 Å². The number of amides is 2. The number of halogens is 1. The summed E-state index contributed by atoms with van der Waals surface area (Å²) in [6.07, 6.45) is 0.596. The van der Waals surface area contributed by atoms with Crippen LogP contribution in [0.1, 0.15) is 23.7 Å². The molecule has 0 bridgehead atoms. The van der Waals surface area contributed by atoms with Crippen LogP contribution < -0.4 is 16.4 Å². The molecule has 1 aromatic rings. The third-order valence-electron chi connectivity index (χ3n) is 2.76. The molecule has 1 atom stereocenters. The summed E-state index contributed by atoms with van der Waals surface area (Å²) in [6.45, 7) is 2.24. The molecular formula is C13H18ClN3O2. The summed E-state index contributed by atoms with van der Waals surface area (Å²) in [5.41, 5.74) is 6.28. The van der Waals surface area contributed by atoms with E-state index >= 15 is 0 Å². The zero-order valence-corrected chi connectivity index (χ0v) is 11.8. The molecule has 0 fully saturated rings. The lowest BCUT2D eigenvalue weighted by molar-refractivity contribution is -0.119. The van der Waals surface area contributed by atoms with Crippen LogP contribution in [0.4, 0.5) is 5.69 Å².